The first-order valence-electron chi connectivity index (χ1n) is 14.2. The average Bonchev–Trinajstić information content (AvgIpc) is 3.81. The number of nitrogens with one attached hydrogen (secondary N) is 2. The van der Waals surface area contributed by atoms with Gasteiger partial charge in [-0.15, -0.1) is 0 Å². The van der Waals surface area contributed by atoms with Crippen LogP contribution in [-0.2, 0) is 11.2 Å². The van der Waals surface area contributed by atoms with E-state index in [1.807, 2.05) is 47.2 Å². The molecule has 2 amide bonds. The maximum Gasteiger partial charge on any atom is 0.253 e. The fourth-order valence-electron chi connectivity index (χ4n) is 5.65. The van der Waals surface area contributed by atoms with E-state index in [-0.39, 0.29) is 17.3 Å². The number of amides is 2. The Hall–Kier alpha value is -6.17. The van der Waals surface area contributed by atoms with Crippen LogP contribution in [0.25, 0.3) is 34.1 Å². The van der Waals surface area contributed by atoms with E-state index in [0.29, 0.717) is 47.0 Å². The smallest absolute Gasteiger partial charge is 0.253 e. The van der Waals surface area contributed by atoms with Crippen LogP contribution >= 0.6 is 0 Å². The Labute approximate surface area is 256 Å². The number of fused-ring (bicyclic) bond motifs is 2. The number of rotatable bonds is 7. The molecule has 0 saturated heterocycles. The summed E-state index contributed by atoms with van der Waals surface area (Å²) in [5.74, 6) is -0.268. The summed E-state index contributed by atoms with van der Waals surface area (Å²) < 4.78 is 18.2. The number of anilines is 2. The standard InChI is InChI=1S/C33H26FN9O2/c1-2-28(44)41-29-22(6-3-8-24(29)34)33(45)39-25-12-9-19-18-20(10-11-21(19)25)43-31(23-7-4-15-36-30(23)35)38-26-13-14-27(40-32(26)43)42-17-5-16-37-42/h2-8,10-11,13-18,25H,1,9,12H2,(H2,35,36)(H,39,45)(H,41,44)/t25-/m0/s1. The van der Waals surface area contributed by atoms with Gasteiger partial charge in [0.1, 0.15) is 17.2 Å². The van der Waals surface area contributed by atoms with E-state index in [2.05, 4.69) is 33.4 Å². The van der Waals surface area contributed by atoms with E-state index in [9.17, 15) is 14.0 Å². The number of hydrogen-bond acceptors (Lipinski definition) is 7. The molecule has 1 aliphatic rings. The van der Waals surface area contributed by atoms with Gasteiger partial charge in [-0.1, -0.05) is 18.7 Å². The Balaban J connectivity index is 1.26. The molecule has 7 rings (SSSR count). The van der Waals surface area contributed by atoms with Gasteiger partial charge in [0, 0.05) is 24.3 Å². The monoisotopic (exact) mass is 599 g/mol. The van der Waals surface area contributed by atoms with Crippen LogP contribution in [0.5, 0.6) is 0 Å². The number of benzene rings is 2. The number of aromatic nitrogens is 6. The molecule has 6 aromatic rings. The van der Waals surface area contributed by atoms with Crippen molar-refractivity contribution in [3.63, 3.8) is 0 Å². The first-order chi connectivity index (χ1) is 21.9. The minimum absolute atomic E-state index is 0.0258. The average molecular weight is 600 g/mol. The van der Waals surface area contributed by atoms with Crippen molar-refractivity contribution in [2.24, 2.45) is 0 Å². The molecule has 0 radical (unpaired) electrons. The summed E-state index contributed by atoms with van der Waals surface area (Å²) in [6.07, 6.45) is 7.49. The van der Waals surface area contributed by atoms with Gasteiger partial charge in [-0.25, -0.2) is 24.0 Å². The first kappa shape index (κ1) is 27.7. The Morgan fingerprint density at radius 3 is 2.73 bits per heavy atom. The van der Waals surface area contributed by atoms with E-state index in [1.165, 1.54) is 18.2 Å². The predicted molar refractivity (Wildman–Crippen MR) is 167 cm³/mol. The highest BCUT2D eigenvalue weighted by molar-refractivity contribution is 6.06. The molecule has 0 saturated carbocycles. The van der Waals surface area contributed by atoms with Gasteiger partial charge >= 0.3 is 0 Å². The number of pyridine rings is 2. The van der Waals surface area contributed by atoms with Gasteiger partial charge in [0.15, 0.2) is 17.3 Å². The minimum atomic E-state index is -0.712. The van der Waals surface area contributed by atoms with Gasteiger partial charge < -0.3 is 16.4 Å². The first-order valence-corrected chi connectivity index (χ1v) is 14.2. The van der Waals surface area contributed by atoms with Crippen molar-refractivity contribution in [3.05, 3.63) is 120 Å². The van der Waals surface area contributed by atoms with Crippen LogP contribution in [0.15, 0.2) is 98.0 Å². The SMILES string of the molecule is C=CC(=O)Nc1c(F)cccc1C(=O)N[C@H]1CCc2cc(-n3c(-c4cccnc4N)nc4ccc(-n5cccn5)nc43)ccc21. The highest BCUT2D eigenvalue weighted by Crippen LogP contribution is 2.36. The summed E-state index contributed by atoms with van der Waals surface area (Å²) in [5, 5.41) is 9.73. The second-order valence-electron chi connectivity index (χ2n) is 10.5. The minimum Gasteiger partial charge on any atom is -0.383 e. The summed E-state index contributed by atoms with van der Waals surface area (Å²) in [7, 11) is 0. The topological polar surface area (TPSA) is 146 Å². The van der Waals surface area contributed by atoms with E-state index < -0.39 is 17.6 Å². The number of hydrogen-bond donors (Lipinski definition) is 3. The molecule has 2 aromatic carbocycles. The number of nitrogens with two attached hydrogens (primary N) is 1. The summed E-state index contributed by atoms with van der Waals surface area (Å²) in [6, 6.07) is 19.0. The van der Waals surface area contributed by atoms with E-state index >= 15 is 0 Å². The van der Waals surface area contributed by atoms with Crippen LogP contribution in [0.3, 0.4) is 0 Å². The number of para-hydroxylation sites is 1. The zero-order valence-corrected chi connectivity index (χ0v) is 23.8. The third-order valence-electron chi connectivity index (χ3n) is 7.77. The van der Waals surface area contributed by atoms with Gasteiger partial charge in [0.25, 0.3) is 5.91 Å². The second-order valence-corrected chi connectivity index (χ2v) is 10.5. The normalized spacial score (nSPS) is 13.8. The molecule has 1 aliphatic carbocycles. The number of aryl methyl sites for hydroxylation is 1. The van der Waals surface area contributed by atoms with Crippen LogP contribution in [-0.4, -0.2) is 41.1 Å². The molecule has 0 spiro atoms. The lowest BCUT2D eigenvalue weighted by Gasteiger charge is -2.17. The molecule has 45 heavy (non-hydrogen) atoms. The lowest BCUT2D eigenvalue weighted by atomic mass is 10.1. The summed E-state index contributed by atoms with van der Waals surface area (Å²) in [5.41, 5.74) is 10.9. The second kappa shape index (κ2) is 11.2. The molecule has 12 heteroatoms. The maximum atomic E-state index is 14.6. The van der Waals surface area contributed by atoms with Crippen molar-refractivity contribution in [2.75, 3.05) is 11.1 Å². The highest BCUT2D eigenvalue weighted by atomic mass is 19.1. The van der Waals surface area contributed by atoms with Crippen LogP contribution in [0.2, 0.25) is 0 Å². The van der Waals surface area contributed by atoms with Crippen molar-refractivity contribution < 1.29 is 14.0 Å². The van der Waals surface area contributed by atoms with Crippen molar-refractivity contribution in [1.29, 1.82) is 0 Å². The predicted octanol–water partition coefficient (Wildman–Crippen LogP) is 4.93. The molecule has 4 N–H and O–H groups in total. The van der Waals surface area contributed by atoms with Gasteiger partial charge in [-0.3, -0.25) is 14.2 Å². The number of imidazole rings is 1. The molecule has 0 fully saturated rings. The van der Waals surface area contributed by atoms with Crippen LogP contribution in [0.4, 0.5) is 15.9 Å². The maximum absolute atomic E-state index is 14.6. The molecular weight excluding hydrogens is 573 g/mol. The van der Waals surface area contributed by atoms with Crippen molar-refractivity contribution in [2.45, 2.75) is 18.9 Å². The summed E-state index contributed by atoms with van der Waals surface area (Å²) in [6.45, 7) is 3.40. The van der Waals surface area contributed by atoms with Crippen LogP contribution in [0.1, 0.15) is 33.9 Å². The molecule has 4 aromatic heterocycles. The zero-order valence-electron chi connectivity index (χ0n) is 23.8. The fraction of sp³-hybridized carbons (Fsp3) is 0.0909. The number of carbonyl (C=O) groups excluding carboxylic acids is 2. The molecule has 1 atom stereocenters. The van der Waals surface area contributed by atoms with E-state index in [0.717, 1.165) is 22.9 Å². The van der Waals surface area contributed by atoms with Gasteiger partial charge in [0.2, 0.25) is 5.91 Å². The Morgan fingerprint density at radius 1 is 1.04 bits per heavy atom. The molecule has 0 aliphatic heterocycles. The van der Waals surface area contributed by atoms with Crippen LogP contribution < -0.4 is 16.4 Å². The van der Waals surface area contributed by atoms with Crippen molar-refractivity contribution >= 4 is 34.5 Å². The molecule has 4 heterocycles. The lowest BCUT2D eigenvalue weighted by molar-refractivity contribution is -0.111. The highest BCUT2D eigenvalue weighted by Gasteiger charge is 2.27. The third kappa shape index (κ3) is 4.97. The van der Waals surface area contributed by atoms with Crippen LogP contribution in [0, 0.1) is 5.82 Å². The molecule has 11 nitrogen and oxygen atoms in total. The number of halogens is 1. The Kier molecular flexibility index (Phi) is 6.85. The van der Waals surface area contributed by atoms with E-state index in [4.69, 9.17) is 15.7 Å². The van der Waals surface area contributed by atoms with Gasteiger partial charge in [-0.05, 0) is 84.6 Å². The zero-order chi connectivity index (χ0) is 31.1. The summed E-state index contributed by atoms with van der Waals surface area (Å²) >= 11 is 0. The van der Waals surface area contributed by atoms with Crippen molar-refractivity contribution in [1.82, 2.24) is 34.6 Å². The quantitative estimate of drug-likeness (QED) is 0.221. The lowest BCUT2D eigenvalue weighted by Crippen LogP contribution is -2.28. The van der Waals surface area contributed by atoms with Gasteiger partial charge in [-0.2, -0.15) is 5.10 Å². The van der Waals surface area contributed by atoms with Gasteiger partial charge in [0.05, 0.1) is 22.9 Å². The number of nitrogen functional groups attached to an aromatic ring is 1. The number of nitrogens with zero attached hydrogens (tertiary/aromatic N) is 6. The number of carbonyl (C=O) groups is 2. The van der Waals surface area contributed by atoms with E-state index in [1.54, 1.807) is 23.1 Å². The summed E-state index contributed by atoms with van der Waals surface area (Å²) in [4.78, 5) is 39.3. The Bertz CT molecular complexity index is 2120. The third-order valence-corrected chi connectivity index (χ3v) is 7.77. The fourth-order valence-corrected chi connectivity index (χ4v) is 5.65. The largest absolute Gasteiger partial charge is 0.383 e. The molecule has 0 bridgehead atoms. The molecular formula is C33H26FN9O2. The Morgan fingerprint density at radius 2 is 1.93 bits per heavy atom. The van der Waals surface area contributed by atoms with Crippen molar-refractivity contribution in [3.8, 4) is 22.9 Å². The molecule has 222 valence electrons. The molecule has 0 unspecified atom stereocenters.